The van der Waals surface area contributed by atoms with Gasteiger partial charge in [-0.3, -0.25) is 10.1 Å². The number of ether oxygens (including phenoxy) is 2. The molecule has 3 rings (SSSR count). The van der Waals surface area contributed by atoms with Gasteiger partial charge in [-0.2, -0.15) is 0 Å². The van der Waals surface area contributed by atoms with Crippen LogP contribution in [0.2, 0.25) is 0 Å². The highest BCUT2D eigenvalue weighted by Gasteiger charge is 2.21. The predicted octanol–water partition coefficient (Wildman–Crippen LogP) is 2.08. The second-order valence-electron chi connectivity index (χ2n) is 6.36. The number of benzene rings is 1. The van der Waals surface area contributed by atoms with Crippen LogP contribution in [0.1, 0.15) is 31.1 Å². The normalized spacial score (nSPS) is 14.1. The van der Waals surface area contributed by atoms with Gasteiger partial charge in [0, 0.05) is 24.4 Å². The number of furan rings is 1. The average molecular weight is 374 g/mol. The van der Waals surface area contributed by atoms with Crippen LogP contribution in [0, 0.1) is 0 Å². The first-order valence-corrected chi connectivity index (χ1v) is 8.87. The van der Waals surface area contributed by atoms with Gasteiger partial charge in [0.2, 0.25) is 0 Å². The molecule has 8 heteroatoms. The van der Waals surface area contributed by atoms with Crippen molar-refractivity contribution in [2.75, 3.05) is 13.7 Å². The first-order chi connectivity index (χ1) is 13.0. The number of nitrogens with one attached hydrogen (secondary N) is 2. The lowest BCUT2D eigenvalue weighted by Gasteiger charge is -2.13. The van der Waals surface area contributed by atoms with Crippen molar-refractivity contribution in [1.82, 2.24) is 10.6 Å². The Hall–Kier alpha value is -3.03. The zero-order valence-electron chi connectivity index (χ0n) is 15.3. The molecule has 144 valence electrons. The Morgan fingerprint density at radius 3 is 2.78 bits per heavy atom. The molecule has 1 aliphatic rings. The summed E-state index contributed by atoms with van der Waals surface area (Å²) in [5.74, 6) is 0.137. The number of rotatable bonds is 5. The minimum Gasteiger partial charge on any atom is -0.482 e. The van der Waals surface area contributed by atoms with Crippen LogP contribution in [0.25, 0.3) is 11.0 Å². The van der Waals surface area contributed by atoms with Gasteiger partial charge in [-0.1, -0.05) is 0 Å². The van der Waals surface area contributed by atoms with Crippen LogP contribution >= 0.6 is 0 Å². The number of carbonyl (C=O) groups excluding carboxylic acids is 3. The Morgan fingerprint density at radius 2 is 2.00 bits per heavy atom. The van der Waals surface area contributed by atoms with E-state index >= 15 is 0 Å². The first kappa shape index (κ1) is 18.8. The Labute approximate surface area is 156 Å². The summed E-state index contributed by atoms with van der Waals surface area (Å²) in [6, 6.07) is 4.74. The fraction of sp³-hybridized carbons (Fsp3) is 0.421. The fourth-order valence-corrected chi connectivity index (χ4v) is 3.03. The molecule has 1 aromatic heterocycles. The quantitative estimate of drug-likeness (QED) is 0.776. The van der Waals surface area contributed by atoms with Crippen molar-refractivity contribution in [2.45, 2.75) is 38.7 Å². The summed E-state index contributed by atoms with van der Waals surface area (Å²) in [6.07, 6.45) is 3.08. The molecule has 0 bridgehead atoms. The zero-order chi connectivity index (χ0) is 19.4. The van der Waals surface area contributed by atoms with Gasteiger partial charge in [0.1, 0.15) is 17.1 Å². The van der Waals surface area contributed by atoms with Crippen molar-refractivity contribution in [3.8, 4) is 5.75 Å². The molecule has 0 fully saturated rings. The Kier molecular flexibility index (Phi) is 5.63. The topological polar surface area (TPSA) is 107 Å². The van der Waals surface area contributed by atoms with E-state index in [1.54, 1.807) is 6.07 Å². The number of esters is 1. The molecule has 8 nitrogen and oxygen atoms in total. The summed E-state index contributed by atoms with van der Waals surface area (Å²) in [7, 11) is 1.38. The van der Waals surface area contributed by atoms with Crippen molar-refractivity contribution in [2.24, 2.45) is 0 Å². The van der Waals surface area contributed by atoms with Gasteiger partial charge in [0.05, 0.1) is 0 Å². The summed E-state index contributed by atoms with van der Waals surface area (Å²) in [4.78, 5) is 34.7. The van der Waals surface area contributed by atoms with E-state index < -0.39 is 24.0 Å². The SMILES string of the molecule is CNC(=O)NC(=O)C(C)OC(=O)COc1ccc2oc3c(c2c1)CCCC3. The highest BCUT2D eigenvalue weighted by atomic mass is 16.6. The van der Waals surface area contributed by atoms with Crippen LogP contribution in [0.15, 0.2) is 22.6 Å². The maximum absolute atomic E-state index is 11.9. The van der Waals surface area contributed by atoms with Crippen molar-refractivity contribution in [3.05, 3.63) is 29.5 Å². The summed E-state index contributed by atoms with van der Waals surface area (Å²) >= 11 is 0. The number of amides is 3. The van der Waals surface area contributed by atoms with E-state index in [0.717, 1.165) is 42.4 Å². The van der Waals surface area contributed by atoms with E-state index in [4.69, 9.17) is 13.9 Å². The lowest BCUT2D eigenvalue weighted by molar-refractivity contribution is -0.156. The molecule has 1 heterocycles. The second kappa shape index (κ2) is 8.11. The largest absolute Gasteiger partial charge is 0.482 e. The van der Waals surface area contributed by atoms with Crippen molar-refractivity contribution >= 4 is 28.9 Å². The van der Waals surface area contributed by atoms with Gasteiger partial charge in [0.15, 0.2) is 12.7 Å². The third kappa shape index (κ3) is 4.39. The molecule has 3 amide bonds. The maximum Gasteiger partial charge on any atom is 0.344 e. The van der Waals surface area contributed by atoms with Crippen LogP contribution in [-0.2, 0) is 27.2 Å². The van der Waals surface area contributed by atoms with Crippen molar-refractivity contribution in [1.29, 1.82) is 0 Å². The third-order valence-corrected chi connectivity index (χ3v) is 4.42. The number of carbonyl (C=O) groups is 3. The molecule has 0 spiro atoms. The number of imide groups is 1. The maximum atomic E-state index is 11.9. The number of hydrogen-bond donors (Lipinski definition) is 2. The average Bonchev–Trinajstić information content (AvgIpc) is 3.04. The molecule has 1 aliphatic carbocycles. The Balaban J connectivity index is 1.57. The molecule has 0 radical (unpaired) electrons. The third-order valence-electron chi connectivity index (χ3n) is 4.42. The van der Waals surface area contributed by atoms with Gasteiger partial charge in [-0.05, 0) is 44.4 Å². The van der Waals surface area contributed by atoms with E-state index in [0.29, 0.717) is 5.75 Å². The Bertz CT molecular complexity index is 872. The van der Waals surface area contributed by atoms with E-state index in [2.05, 4.69) is 5.32 Å². The minimum absolute atomic E-state index is 0.344. The van der Waals surface area contributed by atoms with Crippen LogP contribution in [0.5, 0.6) is 5.75 Å². The summed E-state index contributed by atoms with van der Waals surface area (Å²) < 4.78 is 16.3. The van der Waals surface area contributed by atoms with Crippen LogP contribution in [0.3, 0.4) is 0 Å². The summed E-state index contributed by atoms with van der Waals surface area (Å²) in [6.45, 7) is 1.03. The molecule has 1 aromatic carbocycles. The number of hydrogen-bond acceptors (Lipinski definition) is 6. The highest BCUT2D eigenvalue weighted by Crippen LogP contribution is 2.33. The van der Waals surface area contributed by atoms with Crippen LogP contribution in [-0.4, -0.2) is 37.7 Å². The molecule has 0 saturated heterocycles. The summed E-state index contributed by atoms with van der Waals surface area (Å²) in [5.41, 5.74) is 2.03. The predicted molar refractivity (Wildman–Crippen MR) is 96.5 cm³/mol. The first-order valence-electron chi connectivity index (χ1n) is 8.87. The molecule has 2 aromatic rings. The van der Waals surface area contributed by atoms with E-state index in [1.165, 1.54) is 19.5 Å². The minimum atomic E-state index is -1.11. The number of aryl methyl sites for hydroxylation is 2. The highest BCUT2D eigenvalue weighted by molar-refractivity contribution is 5.97. The van der Waals surface area contributed by atoms with E-state index in [1.807, 2.05) is 17.4 Å². The molecule has 0 saturated carbocycles. The molecule has 2 N–H and O–H groups in total. The molecule has 1 atom stereocenters. The number of urea groups is 1. The van der Waals surface area contributed by atoms with Gasteiger partial charge in [-0.25, -0.2) is 9.59 Å². The van der Waals surface area contributed by atoms with Crippen molar-refractivity contribution in [3.63, 3.8) is 0 Å². The lowest BCUT2D eigenvalue weighted by Crippen LogP contribution is -2.43. The number of fused-ring (bicyclic) bond motifs is 3. The molecular weight excluding hydrogens is 352 g/mol. The molecule has 27 heavy (non-hydrogen) atoms. The van der Waals surface area contributed by atoms with Crippen molar-refractivity contribution < 1.29 is 28.3 Å². The zero-order valence-corrected chi connectivity index (χ0v) is 15.3. The van der Waals surface area contributed by atoms with Gasteiger partial charge >= 0.3 is 12.0 Å². The summed E-state index contributed by atoms with van der Waals surface area (Å²) in [5, 5.41) is 5.29. The van der Waals surface area contributed by atoms with E-state index in [-0.39, 0.29) is 6.61 Å². The van der Waals surface area contributed by atoms with Gasteiger partial charge < -0.3 is 19.2 Å². The monoisotopic (exact) mass is 374 g/mol. The van der Waals surface area contributed by atoms with Crippen LogP contribution < -0.4 is 15.4 Å². The molecule has 1 unspecified atom stereocenters. The van der Waals surface area contributed by atoms with E-state index in [9.17, 15) is 14.4 Å². The second-order valence-corrected chi connectivity index (χ2v) is 6.36. The fourth-order valence-electron chi connectivity index (χ4n) is 3.03. The molecule has 0 aliphatic heterocycles. The molecular formula is C19H22N2O6. The van der Waals surface area contributed by atoms with Crippen LogP contribution in [0.4, 0.5) is 4.79 Å². The standard InChI is InChI=1S/C19H22N2O6/c1-11(18(23)21-19(24)20-2)26-17(22)10-25-12-7-8-16-14(9-12)13-5-3-4-6-15(13)27-16/h7-9,11H,3-6,10H2,1-2H3,(H2,20,21,23,24). The lowest BCUT2D eigenvalue weighted by atomic mass is 9.96. The smallest absolute Gasteiger partial charge is 0.344 e. The van der Waals surface area contributed by atoms with Gasteiger partial charge in [0.25, 0.3) is 5.91 Å². The Morgan fingerprint density at radius 1 is 1.22 bits per heavy atom. The van der Waals surface area contributed by atoms with Gasteiger partial charge in [-0.15, -0.1) is 0 Å².